The van der Waals surface area contributed by atoms with Gasteiger partial charge < -0.3 is 15.8 Å². The molecule has 0 atom stereocenters. The molecule has 7 heteroatoms. The zero-order valence-electron chi connectivity index (χ0n) is 8.17. The Morgan fingerprint density at radius 2 is 2.12 bits per heavy atom. The molecule has 3 nitrogen and oxygen atoms in total. The van der Waals surface area contributed by atoms with Gasteiger partial charge in [0, 0.05) is 17.5 Å². The van der Waals surface area contributed by atoms with Gasteiger partial charge >= 0.3 is 13.7 Å². The topological polar surface area (TPSA) is 56.1 Å². The van der Waals surface area contributed by atoms with Crippen molar-refractivity contribution >= 4 is 24.8 Å². The third-order valence-electron chi connectivity index (χ3n) is 1.86. The molecule has 0 spiro atoms. The molecule has 0 saturated carbocycles. The zero-order chi connectivity index (χ0) is 12.2. The highest BCUT2D eigenvalue weighted by Gasteiger charge is 2.26. The van der Waals surface area contributed by atoms with Crippen molar-refractivity contribution in [3.63, 3.8) is 0 Å². The predicted octanol–water partition coefficient (Wildman–Crippen LogP) is 0.895. The minimum Gasteiger partial charge on any atom is -0.450 e. The Morgan fingerprint density at radius 3 is 2.62 bits per heavy atom. The fraction of sp³-hybridized carbons (Fsp3) is 0.222. The van der Waals surface area contributed by atoms with E-state index in [1.165, 1.54) is 18.2 Å². The van der Waals surface area contributed by atoms with Gasteiger partial charge in [-0.1, -0.05) is 17.6 Å². The van der Waals surface area contributed by atoms with Gasteiger partial charge in [0.25, 0.3) is 0 Å². The van der Waals surface area contributed by atoms with E-state index in [0.29, 0.717) is 11.0 Å². The van der Waals surface area contributed by atoms with Crippen molar-refractivity contribution in [1.82, 2.24) is 0 Å². The number of nitrogens with one attached hydrogen (secondary N) is 2. The second-order valence-electron chi connectivity index (χ2n) is 3.09. The fourth-order valence-corrected chi connectivity index (χ4v) is 1.13. The molecule has 0 fully saturated rings. The highest BCUT2D eigenvalue weighted by molar-refractivity contribution is 6.45. The van der Waals surface area contributed by atoms with Crippen molar-refractivity contribution in [1.29, 1.82) is 5.41 Å². The highest BCUT2D eigenvalue weighted by Crippen LogP contribution is 2.17. The lowest BCUT2D eigenvalue weighted by Crippen LogP contribution is -2.23. The summed E-state index contributed by atoms with van der Waals surface area (Å²) in [6.07, 6.45) is -3.38. The van der Waals surface area contributed by atoms with E-state index in [0.717, 1.165) is 13.7 Å². The molecule has 0 bridgehead atoms. The Hall–Kier alpha value is -1.50. The number of alkyl halides is 3. The van der Waals surface area contributed by atoms with Gasteiger partial charge in [0.2, 0.25) is 0 Å². The van der Waals surface area contributed by atoms with Crippen LogP contribution in [0.2, 0.25) is 0 Å². The molecule has 3 N–H and O–H groups in total. The van der Waals surface area contributed by atoms with Gasteiger partial charge in [-0.15, -0.1) is 0 Å². The van der Waals surface area contributed by atoms with Crippen molar-refractivity contribution in [2.45, 2.75) is 6.18 Å². The smallest absolute Gasteiger partial charge is 0.405 e. The SMILES string of the molecule is N=Cc1ccc([B]O)cc1NCC(F)(F)F. The summed E-state index contributed by atoms with van der Waals surface area (Å²) < 4.78 is 35.9. The molecule has 0 saturated heterocycles. The van der Waals surface area contributed by atoms with Crippen molar-refractivity contribution in [3.05, 3.63) is 23.8 Å². The third-order valence-corrected chi connectivity index (χ3v) is 1.86. The number of anilines is 1. The molecule has 1 aromatic rings. The van der Waals surface area contributed by atoms with E-state index in [9.17, 15) is 13.2 Å². The number of rotatable bonds is 4. The van der Waals surface area contributed by atoms with Gasteiger partial charge in [-0.2, -0.15) is 13.2 Å². The highest BCUT2D eigenvalue weighted by atomic mass is 19.4. The molecule has 16 heavy (non-hydrogen) atoms. The van der Waals surface area contributed by atoms with Crippen LogP contribution in [0.3, 0.4) is 0 Å². The van der Waals surface area contributed by atoms with E-state index in [-0.39, 0.29) is 5.69 Å². The van der Waals surface area contributed by atoms with Crippen LogP contribution in [0.25, 0.3) is 0 Å². The summed E-state index contributed by atoms with van der Waals surface area (Å²) in [5.41, 5.74) is 0.861. The van der Waals surface area contributed by atoms with Crippen LogP contribution in [-0.2, 0) is 0 Å². The molecular formula is C9H9BF3N2O. The number of benzene rings is 1. The summed E-state index contributed by atoms with van der Waals surface area (Å²) in [4.78, 5) is 0. The summed E-state index contributed by atoms with van der Waals surface area (Å²) in [5, 5.41) is 17.9. The Balaban J connectivity index is 2.87. The minimum atomic E-state index is -4.32. The summed E-state index contributed by atoms with van der Waals surface area (Å²) >= 11 is 0. The Morgan fingerprint density at radius 1 is 1.44 bits per heavy atom. The number of halogens is 3. The van der Waals surface area contributed by atoms with Gasteiger partial charge in [-0.05, 0) is 6.07 Å². The zero-order valence-corrected chi connectivity index (χ0v) is 8.17. The molecular weight excluding hydrogens is 220 g/mol. The van der Waals surface area contributed by atoms with E-state index in [1.54, 1.807) is 0 Å². The average Bonchev–Trinajstić information content (AvgIpc) is 2.25. The van der Waals surface area contributed by atoms with Crippen LogP contribution in [-0.4, -0.2) is 31.4 Å². The molecule has 0 aromatic heterocycles. The molecule has 0 amide bonds. The quantitative estimate of drug-likeness (QED) is 0.530. The second-order valence-corrected chi connectivity index (χ2v) is 3.09. The Kier molecular flexibility index (Phi) is 3.95. The van der Waals surface area contributed by atoms with Gasteiger partial charge in [-0.3, -0.25) is 0 Å². The van der Waals surface area contributed by atoms with Crippen LogP contribution in [0.15, 0.2) is 18.2 Å². The number of hydrogen-bond acceptors (Lipinski definition) is 3. The minimum absolute atomic E-state index is 0.162. The molecule has 0 unspecified atom stereocenters. The van der Waals surface area contributed by atoms with Crippen molar-refractivity contribution in [3.8, 4) is 0 Å². The predicted molar refractivity (Wildman–Crippen MR) is 56.5 cm³/mol. The first-order valence-corrected chi connectivity index (χ1v) is 4.39. The molecule has 0 aliphatic carbocycles. The maximum Gasteiger partial charge on any atom is 0.405 e. The van der Waals surface area contributed by atoms with Crippen LogP contribution in [0.5, 0.6) is 0 Å². The lowest BCUT2D eigenvalue weighted by molar-refractivity contribution is -0.115. The number of hydrogen-bond donors (Lipinski definition) is 3. The largest absolute Gasteiger partial charge is 0.450 e. The van der Waals surface area contributed by atoms with Crippen molar-refractivity contribution in [2.75, 3.05) is 11.9 Å². The first kappa shape index (κ1) is 12.6. The van der Waals surface area contributed by atoms with E-state index in [4.69, 9.17) is 10.4 Å². The van der Waals surface area contributed by atoms with Gasteiger partial charge in [0.05, 0.1) is 0 Å². The van der Waals surface area contributed by atoms with Crippen LogP contribution in [0, 0.1) is 5.41 Å². The standard InChI is InChI=1S/C9H9BF3N2O/c11-9(12,13)5-15-8-3-7(10-16)2-1-6(8)4-14/h1-4,14-16H,5H2. The molecule has 0 aliphatic heterocycles. The van der Waals surface area contributed by atoms with Crippen LogP contribution >= 0.6 is 0 Å². The summed E-state index contributed by atoms with van der Waals surface area (Å²) in [5.74, 6) is 0. The molecule has 1 aromatic carbocycles. The Labute approximate surface area is 91.1 Å². The van der Waals surface area contributed by atoms with Crippen molar-refractivity contribution in [2.24, 2.45) is 0 Å². The van der Waals surface area contributed by atoms with E-state index in [2.05, 4.69) is 5.32 Å². The molecule has 1 rings (SSSR count). The first-order chi connectivity index (χ1) is 7.46. The monoisotopic (exact) mass is 229 g/mol. The first-order valence-electron chi connectivity index (χ1n) is 4.39. The third kappa shape index (κ3) is 3.58. The van der Waals surface area contributed by atoms with Crippen LogP contribution in [0.1, 0.15) is 5.56 Å². The fourth-order valence-electron chi connectivity index (χ4n) is 1.13. The van der Waals surface area contributed by atoms with Crippen LogP contribution in [0.4, 0.5) is 18.9 Å². The lowest BCUT2D eigenvalue weighted by Gasteiger charge is -2.12. The normalized spacial score (nSPS) is 11.0. The van der Waals surface area contributed by atoms with Gasteiger partial charge in [0.15, 0.2) is 0 Å². The second kappa shape index (κ2) is 5.02. The maximum absolute atomic E-state index is 12.0. The van der Waals surface area contributed by atoms with E-state index >= 15 is 0 Å². The Bertz CT molecular complexity index is 382. The average molecular weight is 229 g/mol. The van der Waals surface area contributed by atoms with Gasteiger partial charge in [0.1, 0.15) is 6.54 Å². The maximum atomic E-state index is 12.0. The van der Waals surface area contributed by atoms with Gasteiger partial charge in [-0.25, -0.2) is 0 Å². The van der Waals surface area contributed by atoms with E-state index < -0.39 is 12.7 Å². The lowest BCUT2D eigenvalue weighted by atomic mass is 9.87. The molecule has 85 valence electrons. The van der Waals surface area contributed by atoms with Crippen molar-refractivity contribution < 1.29 is 18.2 Å². The molecule has 0 aliphatic rings. The molecule has 0 heterocycles. The van der Waals surface area contributed by atoms with E-state index in [1.807, 2.05) is 0 Å². The summed E-state index contributed by atoms with van der Waals surface area (Å²) in [6.45, 7) is -1.18. The van der Waals surface area contributed by atoms with Crippen LogP contribution < -0.4 is 10.8 Å². The molecule has 1 radical (unpaired) electrons. The summed E-state index contributed by atoms with van der Waals surface area (Å²) in [6, 6.07) is 4.29. The summed E-state index contributed by atoms with van der Waals surface area (Å²) in [7, 11) is 0.784.